The number of amides is 1. The second-order valence-corrected chi connectivity index (χ2v) is 5.60. The number of anilines is 1. The first kappa shape index (κ1) is 15.6. The van der Waals surface area contributed by atoms with Crippen LogP contribution in [0, 0.1) is 0 Å². The van der Waals surface area contributed by atoms with Crippen LogP contribution < -0.4 is 15.4 Å². The van der Waals surface area contributed by atoms with E-state index in [0.29, 0.717) is 17.4 Å². The van der Waals surface area contributed by atoms with E-state index in [0.717, 1.165) is 31.4 Å². The number of rotatable bonds is 6. The van der Waals surface area contributed by atoms with E-state index in [4.69, 9.17) is 10.5 Å². The van der Waals surface area contributed by atoms with Crippen LogP contribution in [0.3, 0.4) is 0 Å². The molecule has 3 N–H and O–H groups in total. The van der Waals surface area contributed by atoms with Crippen molar-refractivity contribution >= 4 is 11.6 Å². The second-order valence-electron chi connectivity index (χ2n) is 5.60. The fraction of sp³-hybridized carbons (Fsp3) is 0.562. The minimum atomic E-state index is -0.673. The standard InChI is InChI=1S/C16H24N2O3/c1-11(19)16-13(8-5-9-14(16)21-2)18(10-15(17)20)12-6-3-4-7-12/h5,8-9,11-12,19H,3-4,6-7,10H2,1-2H3,(H2,17,20)/t11-/m1/s1. The Morgan fingerprint density at radius 3 is 2.67 bits per heavy atom. The van der Waals surface area contributed by atoms with Gasteiger partial charge in [-0.3, -0.25) is 4.79 Å². The number of aliphatic hydroxyl groups is 1. The quantitative estimate of drug-likeness (QED) is 0.840. The number of hydrogen-bond donors (Lipinski definition) is 2. The van der Waals surface area contributed by atoms with E-state index in [1.165, 1.54) is 0 Å². The summed E-state index contributed by atoms with van der Waals surface area (Å²) in [6.45, 7) is 1.87. The van der Waals surface area contributed by atoms with Crippen LogP contribution in [0.5, 0.6) is 5.75 Å². The maximum Gasteiger partial charge on any atom is 0.236 e. The van der Waals surface area contributed by atoms with Gasteiger partial charge in [0.1, 0.15) is 5.75 Å². The van der Waals surface area contributed by atoms with Gasteiger partial charge in [0.25, 0.3) is 0 Å². The van der Waals surface area contributed by atoms with E-state index >= 15 is 0 Å². The summed E-state index contributed by atoms with van der Waals surface area (Å²) in [5.74, 6) is 0.274. The van der Waals surface area contributed by atoms with Gasteiger partial charge in [0.2, 0.25) is 5.91 Å². The highest BCUT2D eigenvalue weighted by atomic mass is 16.5. The first-order chi connectivity index (χ1) is 10.0. The molecule has 1 amide bonds. The highest BCUT2D eigenvalue weighted by molar-refractivity contribution is 5.80. The Morgan fingerprint density at radius 2 is 2.14 bits per heavy atom. The molecule has 0 bridgehead atoms. The van der Waals surface area contributed by atoms with Gasteiger partial charge >= 0.3 is 0 Å². The van der Waals surface area contributed by atoms with E-state index in [9.17, 15) is 9.90 Å². The predicted octanol–water partition coefficient (Wildman–Crippen LogP) is 1.98. The normalized spacial score (nSPS) is 16.7. The van der Waals surface area contributed by atoms with Gasteiger partial charge in [-0.1, -0.05) is 18.9 Å². The summed E-state index contributed by atoms with van der Waals surface area (Å²) in [6, 6.07) is 5.92. The van der Waals surface area contributed by atoms with Gasteiger partial charge in [-0.05, 0) is 31.9 Å². The molecule has 1 fully saturated rings. The Bertz CT molecular complexity index is 496. The number of ether oxygens (including phenoxy) is 1. The molecule has 5 nitrogen and oxygen atoms in total. The van der Waals surface area contributed by atoms with Gasteiger partial charge in [0, 0.05) is 17.3 Å². The van der Waals surface area contributed by atoms with E-state index < -0.39 is 6.10 Å². The molecule has 0 heterocycles. The van der Waals surface area contributed by atoms with Crippen LogP contribution in [0.25, 0.3) is 0 Å². The van der Waals surface area contributed by atoms with Crippen LogP contribution in [-0.4, -0.2) is 30.7 Å². The molecule has 0 saturated heterocycles. The zero-order valence-corrected chi connectivity index (χ0v) is 12.7. The number of hydrogen-bond acceptors (Lipinski definition) is 4. The lowest BCUT2D eigenvalue weighted by Crippen LogP contribution is -2.40. The van der Waals surface area contributed by atoms with E-state index in [-0.39, 0.29) is 12.5 Å². The molecule has 1 aliphatic rings. The molecule has 21 heavy (non-hydrogen) atoms. The van der Waals surface area contributed by atoms with Crippen LogP contribution in [0.1, 0.15) is 44.3 Å². The molecule has 1 saturated carbocycles. The number of nitrogens with zero attached hydrogens (tertiary/aromatic N) is 1. The largest absolute Gasteiger partial charge is 0.496 e. The topological polar surface area (TPSA) is 75.8 Å². The van der Waals surface area contributed by atoms with Crippen molar-refractivity contribution in [1.82, 2.24) is 0 Å². The average Bonchev–Trinajstić information content (AvgIpc) is 2.97. The molecule has 2 rings (SSSR count). The zero-order chi connectivity index (χ0) is 15.4. The average molecular weight is 292 g/mol. The summed E-state index contributed by atoms with van der Waals surface area (Å²) >= 11 is 0. The third kappa shape index (κ3) is 3.47. The van der Waals surface area contributed by atoms with E-state index in [1.54, 1.807) is 14.0 Å². The van der Waals surface area contributed by atoms with Gasteiger partial charge in [0.05, 0.1) is 19.8 Å². The number of aliphatic hydroxyl groups excluding tert-OH is 1. The zero-order valence-electron chi connectivity index (χ0n) is 12.7. The molecule has 1 aliphatic carbocycles. The lowest BCUT2D eigenvalue weighted by atomic mass is 10.0. The first-order valence-electron chi connectivity index (χ1n) is 7.44. The third-order valence-electron chi connectivity index (χ3n) is 4.08. The maximum absolute atomic E-state index is 11.5. The van der Waals surface area contributed by atoms with Crippen LogP contribution in [-0.2, 0) is 4.79 Å². The molecule has 0 spiro atoms. The van der Waals surface area contributed by atoms with Crippen LogP contribution in [0.2, 0.25) is 0 Å². The van der Waals surface area contributed by atoms with Crippen molar-refractivity contribution in [1.29, 1.82) is 0 Å². The molecule has 0 unspecified atom stereocenters. The molecule has 0 aliphatic heterocycles. The minimum Gasteiger partial charge on any atom is -0.496 e. The van der Waals surface area contributed by atoms with Crippen molar-refractivity contribution in [3.8, 4) is 5.75 Å². The highest BCUT2D eigenvalue weighted by Crippen LogP contribution is 2.37. The molecule has 1 aromatic rings. The summed E-state index contributed by atoms with van der Waals surface area (Å²) in [4.78, 5) is 13.5. The van der Waals surface area contributed by atoms with Crippen LogP contribution >= 0.6 is 0 Å². The third-order valence-corrected chi connectivity index (χ3v) is 4.08. The van der Waals surface area contributed by atoms with Gasteiger partial charge in [-0.15, -0.1) is 0 Å². The van der Waals surface area contributed by atoms with Crippen molar-refractivity contribution in [3.63, 3.8) is 0 Å². The Morgan fingerprint density at radius 1 is 1.48 bits per heavy atom. The molecular weight excluding hydrogens is 268 g/mol. The van der Waals surface area contributed by atoms with Gasteiger partial charge in [-0.2, -0.15) is 0 Å². The van der Waals surface area contributed by atoms with Crippen LogP contribution in [0.15, 0.2) is 18.2 Å². The molecule has 1 atom stereocenters. The fourth-order valence-electron chi connectivity index (χ4n) is 3.18. The van der Waals surface area contributed by atoms with Crippen molar-refractivity contribution in [3.05, 3.63) is 23.8 Å². The summed E-state index contributed by atoms with van der Waals surface area (Å²) in [6.07, 6.45) is 3.74. The van der Waals surface area contributed by atoms with E-state index in [1.807, 2.05) is 23.1 Å². The Labute approximate surface area is 125 Å². The number of carbonyl (C=O) groups is 1. The monoisotopic (exact) mass is 292 g/mol. The van der Waals surface area contributed by atoms with Crippen molar-refractivity contribution in [2.75, 3.05) is 18.6 Å². The Balaban J connectivity index is 2.45. The SMILES string of the molecule is COc1cccc(N(CC(N)=O)C2CCCC2)c1[C@@H](C)O. The number of carbonyl (C=O) groups excluding carboxylic acids is 1. The molecule has 0 radical (unpaired) electrons. The van der Waals surface area contributed by atoms with Crippen molar-refractivity contribution in [2.45, 2.75) is 44.8 Å². The predicted molar refractivity (Wildman–Crippen MR) is 82.4 cm³/mol. The van der Waals surface area contributed by atoms with Crippen LogP contribution in [0.4, 0.5) is 5.69 Å². The fourth-order valence-corrected chi connectivity index (χ4v) is 3.18. The molecular formula is C16H24N2O3. The maximum atomic E-state index is 11.5. The number of nitrogens with two attached hydrogens (primary N) is 1. The van der Waals surface area contributed by atoms with Gasteiger partial charge in [0.15, 0.2) is 0 Å². The summed E-state index contributed by atoms with van der Waals surface area (Å²) in [5, 5.41) is 10.1. The Hall–Kier alpha value is -1.75. The number of primary amides is 1. The van der Waals surface area contributed by atoms with E-state index in [2.05, 4.69) is 0 Å². The molecule has 0 aromatic heterocycles. The van der Waals surface area contributed by atoms with Gasteiger partial charge < -0.3 is 20.5 Å². The van der Waals surface area contributed by atoms with Crippen molar-refractivity contribution < 1.29 is 14.6 Å². The number of benzene rings is 1. The summed E-state index contributed by atoms with van der Waals surface area (Å²) in [7, 11) is 1.58. The Kier molecular flexibility index (Phi) is 5.07. The second kappa shape index (κ2) is 6.80. The van der Waals surface area contributed by atoms with Crippen molar-refractivity contribution in [2.24, 2.45) is 5.73 Å². The molecule has 116 valence electrons. The molecule has 5 heteroatoms. The smallest absolute Gasteiger partial charge is 0.236 e. The minimum absolute atomic E-state index is 0.164. The first-order valence-corrected chi connectivity index (χ1v) is 7.44. The lowest BCUT2D eigenvalue weighted by molar-refractivity contribution is -0.116. The highest BCUT2D eigenvalue weighted by Gasteiger charge is 2.27. The molecule has 1 aromatic carbocycles. The summed E-state index contributed by atoms with van der Waals surface area (Å²) < 4.78 is 5.36. The van der Waals surface area contributed by atoms with Gasteiger partial charge in [-0.25, -0.2) is 0 Å². The number of methoxy groups -OCH3 is 1. The summed E-state index contributed by atoms with van der Waals surface area (Å²) in [5.41, 5.74) is 6.98. The lowest BCUT2D eigenvalue weighted by Gasteiger charge is -2.33.